The second kappa shape index (κ2) is 4.20. The molecule has 0 spiro atoms. The van der Waals surface area contributed by atoms with E-state index in [2.05, 4.69) is 27.0 Å². The van der Waals surface area contributed by atoms with Gasteiger partial charge in [-0.05, 0) is 19.3 Å². The quantitative estimate of drug-likeness (QED) is 0.798. The first-order valence-corrected chi connectivity index (χ1v) is 6.33. The van der Waals surface area contributed by atoms with Crippen molar-refractivity contribution < 1.29 is 0 Å². The van der Waals surface area contributed by atoms with Crippen molar-refractivity contribution in [1.82, 2.24) is 19.6 Å². The minimum absolute atomic E-state index is 0.292. The first kappa shape index (κ1) is 11.4. The van der Waals surface area contributed by atoms with E-state index in [0.717, 1.165) is 36.8 Å². The van der Waals surface area contributed by atoms with Gasteiger partial charge in [-0.25, -0.2) is 4.98 Å². The topological polar surface area (TPSA) is 72.3 Å². The molecule has 1 aliphatic heterocycles. The SMILES string of the molecule is Cc1nnc2c(N3CCC(N)C(C)C3)nccn12. The van der Waals surface area contributed by atoms with Crippen molar-refractivity contribution in [3.8, 4) is 0 Å². The Morgan fingerprint density at radius 3 is 3.00 bits per heavy atom. The molecule has 1 aliphatic rings. The first-order valence-electron chi connectivity index (χ1n) is 6.33. The van der Waals surface area contributed by atoms with Gasteiger partial charge in [-0.2, -0.15) is 0 Å². The number of nitrogens with two attached hydrogens (primary N) is 1. The van der Waals surface area contributed by atoms with Gasteiger partial charge in [0.25, 0.3) is 0 Å². The second-order valence-corrected chi connectivity index (χ2v) is 5.07. The maximum absolute atomic E-state index is 6.06. The van der Waals surface area contributed by atoms with Gasteiger partial charge < -0.3 is 10.6 Å². The van der Waals surface area contributed by atoms with E-state index < -0.39 is 0 Å². The number of nitrogens with zero attached hydrogens (tertiary/aromatic N) is 5. The zero-order chi connectivity index (χ0) is 12.7. The standard InChI is InChI=1S/C12H18N6/c1-8-7-17(5-3-10(8)13)11-12-16-15-9(2)18(12)6-4-14-11/h4,6,8,10H,3,5,7,13H2,1-2H3. The molecule has 6 heteroatoms. The zero-order valence-electron chi connectivity index (χ0n) is 10.7. The molecule has 3 heterocycles. The number of hydrogen-bond acceptors (Lipinski definition) is 5. The van der Waals surface area contributed by atoms with Gasteiger partial charge in [-0.3, -0.25) is 4.40 Å². The molecule has 2 unspecified atom stereocenters. The molecule has 2 atom stereocenters. The van der Waals surface area contributed by atoms with Crippen LogP contribution in [-0.4, -0.2) is 38.7 Å². The summed E-state index contributed by atoms with van der Waals surface area (Å²) in [5.41, 5.74) is 6.89. The van der Waals surface area contributed by atoms with Gasteiger partial charge in [0.15, 0.2) is 5.82 Å². The summed E-state index contributed by atoms with van der Waals surface area (Å²) in [6, 6.07) is 0.292. The average molecular weight is 246 g/mol. The summed E-state index contributed by atoms with van der Waals surface area (Å²) in [7, 11) is 0. The fourth-order valence-electron chi connectivity index (χ4n) is 2.51. The van der Waals surface area contributed by atoms with Gasteiger partial charge in [0.05, 0.1) is 0 Å². The minimum atomic E-state index is 0.292. The Morgan fingerprint density at radius 1 is 1.39 bits per heavy atom. The van der Waals surface area contributed by atoms with E-state index in [1.54, 1.807) is 6.20 Å². The highest BCUT2D eigenvalue weighted by Gasteiger charge is 2.25. The highest BCUT2D eigenvalue weighted by molar-refractivity contribution is 5.63. The average Bonchev–Trinajstić information content (AvgIpc) is 2.75. The zero-order valence-corrected chi connectivity index (χ0v) is 10.7. The molecule has 1 fully saturated rings. The monoisotopic (exact) mass is 246 g/mol. The van der Waals surface area contributed by atoms with E-state index in [1.807, 2.05) is 17.5 Å². The van der Waals surface area contributed by atoms with Crippen molar-refractivity contribution in [2.24, 2.45) is 11.7 Å². The molecule has 2 aromatic heterocycles. The van der Waals surface area contributed by atoms with Crippen LogP contribution >= 0.6 is 0 Å². The predicted molar refractivity (Wildman–Crippen MR) is 69.5 cm³/mol. The van der Waals surface area contributed by atoms with E-state index in [-0.39, 0.29) is 0 Å². The lowest BCUT2D eigenvalue weighted by atomic mass is 9.95. The molecule has 3 rings (SSSR count). The van der Waals surface area contributed by atoms with Crippen LogP contribution in [0.5, 0.6) is 0 Å². The van der Waals surface area contributed by atoms with Crippen LogP contribution in [0.25, 0.3) is 5.65 Å². The number of hydrogen-bond donors (Lipinski definition) is 1. The van der Waals surface area contributed by atoms with Crippen LogP contribution in [-0.2, 0) is 0 Å². The Labute approximate surface area is 106 Å². The molecule has 6 nitrogen and oxygen atoms in total. The Kier molecular flexibility index (Phi) is 2.66. The van der Waals surface area contributed by atoms with Crippen molar-refractivity contribution in [2.45, 2.75) is 26.3 Å². The smallest absolute Gasteiger partial charge is 0.203 e. The van der Waals surface area contributed by atoms with Crippen molar-refractivity contribution in [3.63, 3.8) is 0 Å². The van der Waals surface area contributed by atoms with Crippen molar-refractivity contribution in [2.75, 3.05) is 18.0 Å². The van der Waals surface area contributed by atoms with Crippen LogP contribution in [0.2, 0.25) is 0 Å². The summed E-state index contributed by atoms with van der Waals surface area (Å²) in [5.74, 6) is 2.28. The first-order chi connectivity index (χ1) is 8.66. The van der Waals surface area contributed by atoms with Gasteiger partial charge in [0.2, 0.25) is 5.65 Å². The molecule has 0 aliphatic carbocycles. The third-order valence-corrected chi connectivity index (χ3v) is 3.75. The lowest BCUT2D eigenvalue weighted by molar-refractivity contribution is 0.381. The van der Waals surface area contributed by atoms with Gasteiger partial charge >= 0.3 is 0 Å². The van der Waals surface area contributed by atoms with Gasteiger partial charge in [-0.15, -0.1) is 10.2 Å². The number of aromatic nitrogens is 4. The summed E-state index contributed by atoms with van der Waals surface area (Å²) in [6.07, 6.45) is 4.70. The molecule has 18 heavy (non-hydrogen) atoms. The molecule has 1 saturated heterocycles. The van der Waals surface area contributed by atoms with E-state index in [0.29, 0.717) is 12.0 Å². The van der Waals surface area contributed by atoms with Gasteiger partial charge in [0, 0.05) is 31.5 Å². The third kappa shape index (κ3) is 1.73. The fraction of sp³-hybridized carbons (Fsp3) is 0.583. The Balaban J connectivity index is 1.99. The number of rotatable bonds is 1. The summed E-state index contributed by atoms with van der Waals surface area (Å²) in [4.78, 5) is 6.73. The number of fused-ring (bicyclic) bond motifs is 1. The van der Waals surface area contributed by atoms with Crippen molar-refractivity contribution in [1.29, 1.82) is 0 Å². The van der Waals surface area contributed by atoms with Crippen molar-refractivity contribution >= 4 is 11.5 Å². The molecule has 0 aromatic carbocycles. The minimum Gasteiger partial charge on any atom is -0.353 e. The van der Waals surface area contributed by atoms with Crippen LogP contribution in [0.15, 0.2) is 12.4 Å². The number of anilines is 1. The molecule has 0 amide bonds. The van der Waals surface area contributed by atoms with Crippen LogP contribution < -0.4 is 10.6 Å². The Morgan fingerprint density at radius 2 is 2.22 bits per heavy atom. The van der Waals surface area contributed by atoms with Gasteiger partial charge in [0.1, 0.15) is 5.82 Å². The fourth-order valence-corrected chi connectivity index (χ4v) is 2.51. The summed E-state index contributed by atoms with van der Waals surface area (Å²) >= 11 is 0. The highest BCUT2D eigenvalue weighted by atomic mass is 15.3. The van der Waals surface area contributed by atoms with Crippen LogP contribution in [0.4, 0.5) is 5.82 Å². The van der Waals surface area contributed by atoms with E-state index in [4.69, 9.17) is 5.73 Å². The summed E-state index contributed by atoms with van der Waals surface area (Å²) in [6.45, 7) is 5.99. The molecule has 2 N–H and O–H groups in total. The maximum Gasteiger partial charge on any atom is 0.203 e. The van der Waals surface area contributed by atoms with Crippen LogP contribution in [0.3, 0.4) is 0 Å². The molecule has 0 saturated carbocycles. The molecule has 2 aromatic rings. The summed E-state index contributed by atoms with van der Waals surface area (Å²) in [5, 5.41) is 8.32. The second-order valence-electron chi connectivity index (χ2n) is 5.07. The third-order valence-electron chi connectivity index (χ3n) is 3.75. The van der Waals surface area contributed by atoms with E-state index >= 15 is 0 Å². The number of piperidine rings is 1. The normalized spacial score (nSPS) is 24.7. The largest absolute Gasteiger partial charge is 0.353 e. The Bertz CT molecular complexity index is 563. The molecule has 96 valence electrons. The van der Waals surface area contributed by atoms with Crippen LogP contribution in [0.1, 0.15) is 19.2 Å². The lowest BCUT2D eigenvalue weighted by Gasteiger charge is -2.35. The van der Waals surface area contributed by atoms with Crippen LogP contribution in [0, 0.1) is 12.8 Å². The number of aryl methyl sites for hydroxylation is 1. The lowest BCUT2D eigenvalue weighted by Crippen LogP contribution is -2.46. The van der Waals surface area contributed by atoms with E-state index in [1.165, 1.54) is 0 Å². The van der Waals surface area contributed by atoms with E-state index in [9.17, 15) is 0 Å². The maximum atomic E-state index is 6.06. The molecular formula is C12H18N6. The predicted octanol–water partition coefficient (Wildman–Crippen LogP) is 0.606. The van der Waals surface area contributed by atoms with Crippen molar-refractivity contribution in [3.05, 3.63) is 18.2 Å². The molecule has 0 radical (unpaired) electrons. The summed E-state index contributed by atoms with van der Waals surface area (Å²) < 4.78 is 1.97. The molecular weight excluding hydrogens is 228 g/mol. The van der Waals surface area contributed by atoms with Gasteiger partial charge in [-0.1, -0.05) is 6.92 Å². The highest BCUT2D eigenvalue weighted by Crippen LogP contribution is 2.23. The Hall–Kier alpha value is -1.69. The molecule has 0 bridgehead atoms.